The maximum absolute atomic E-state index is 12.7. The molecular formula is C13H10ClFO2. The molecule has 0 aliphatic rings. The number of phenolic OH excluding ortho intramolecular Hbond substituents is 1. The van der Waals surface area contributed by atoms with Crippen molar-refractivity contribution in [2.75, 3.05) is 0 Å². The first-order chi connectivity index (χ1) is 8.15. The van der Waals surface area contributed by atoms with Gasteiger partial charge in [-0.15, -0.1) is 0 Å². The van der Waals surface area contributed by atoms with Crippen molar-refractivity contribution in [3.05, 3.63) is 58.9 Å². The molecule has 0 heterocycles. The van der Waals surface area contributed by atoms with Gasteiger partial charge >= 0.3 is 0 Å². The Hall–Kier alpha value is -1.74. The molecule has 0 amide bonds. The molecule has 0 saturated carbocycles. The summed E-state index contributed by atoms with van der Waals surface area (Å²) in [5.41, 5.74) is 0.843. The second-order valence-electron chi connectivity index (χ2n) is 3.53. The van der Waals surface area contributed by atoms with Crippen LogP contribution in [0.4, 0.5) is 4.39 Å². The van der Waals surface area contributed by atoms with Gasteiger partial charge in [-0.05, 0) is 29.8 Å². The third kappa shape index (κ3) is 3.11. The quantitative estimate of drug-likeness (QED) is 0.901. The van der Waals surface area contributed by atoms with E-state index in [1.807, 2.05) is 0 Å². The van der Waals surface area contributed by atoms with Crippen molar-refractivity contribution in [3.8, 4) is 11.5 Å². The van der Waals surface area contributed by atoms with Gasteiger partial charge in [0.05, 0.1) is 5.02 Å². The highest BCUT2D eigenvalue weighted by molar-refractivity contribution is 6.32. The van der Waals surface area contributed by atoms with Crippen LogP contribution >= 0.6 is 11.6 Å². The lowest BCUT2D eigenvalue weighted by atomic mass is 10.2. The zero-order chi connectivity index (χ0) is 12.3. The number of rotatable bonds is 3. The first-order valence-electron chi connectivity index (χ1n) is 5.01. The number of hydrogen-bond donors (Lipinski definition) is 1. The van der Waals surface area contributed by atoms with Crippen LogP contribution < -0.4 is 4.74 Å². The predicted octanol–water partition coefficient (Wildman–Crippen LogP) is 3.76. The Labute approximate surface area is 103 Å². The van der Waals surface area contributed by atoms with E-state index in [0.29, 0.717) is 17.4 Å². The number of aromatic hydroxyl groups is 1. The van der Waals surface area contributed by atoms with Gasteiger partial charge in [0.15, 0.2) is 0 Å². The molecule has 0 aliphatic heterocycles. The van der Waals surface area contributed by atoms with Gasteiger partial charge in [-0.3, -0.25) is 0 Å². The highest BCUT2D eigenvalue weighted by Gasteiger charge is 2.03. The lowest BCUT2D eigenvalue weighted by Gasteiger charge is -2.08. The van der Waals surface area contributed by atoms with Crippen LogP contribution in [0.2, 0.25) is 5.02 Å². The van der Waals surface area contributed by atoms with Gasteiger partial charge in [0.2, 0.25) is 0 Å². The zero-order valence-corrected chi connectivity index (χ0v) is 9.62. The molecule has 88 valence electrons. The fourth-order valence-electron chi connectivity index (χ4n) is 1.35. The van der Waals surface area contributed by atoms with Crippen LogP contribution in [0.15, 0.2) is 42.5 Å². The Kier molecular flexibility index (Phi) is 3.49. The third-order valence-electron chi connectivity index (χ3n) is 2.22. The number of ether oxygens (including phenoxy) is 1. The molecule has 0 atom stereocenters. The van der Waals surface area contributed by atoms with Gasteiger partial charge in [-0.25, -0.2) is 4.39 Å². The molecular weight excluding hydrogens is 243 g/mol. The number of halogens is 2. The smallest absolute Gasteiger partial charge is 0.138 e. The maximum atomic E-state index is 12.7. The second-order valence-corrected chi connectivity index (χ2v) is 3.94. The van der Waals surface area contributed by atoms with Crippen molar-refractivity contribution < 1.29 is 14.2 Å². The van der Waals surface area contributed by atoms with E-state index < -0.39 is 0 Å². The Morgan fingerprint density at radius 2 is 1.82 bits per heavy atom. The highest BCUT2D eigenvalue weighted by Crippen LogP contribution is 2.28. The summed E-state index contributed by atoms with van der Waals surface area (Å²) >= 11 is 5.88. The number of hydrogen-bond acceptors (Lipinski definition) is 2. The first kappa shape index (κ1) is 11.7. The number of benzene rings is 2. The molecule has 0 aromatic heterocycles. The van der Waals surface area contributed by atoms with E-state index in [4.69, 9.17) is 16.3 Å². The fourth-order valence-corrected chi connectivity index (χ4v) is 1.58. The van der Waals surface area contributed by atoms with Crippen molar-refractivity contribution in [1.82, 2.24) is 0 Å². The SMILES string of the molecule is Oc1ccc(OCc2ccc(F)cc2)c(Cl)c1. The number of phenols is 1. The van der Waals surface area contributed by atoms with E-state index >= 15 is 0 Å². The molecule has 0 spiro atoms. The minimum atomic E-state index is -0.281. The molecule has 0 bridgehead atoms. The maximum Gasteiger partial charge on any atom is 0.138 e. The van der Waals surface area contributed by atoms with E-state index in [2.05, 4.69) is 0 Å². The first-order valence-corrected chi connectivity index (χ1v) is 5.39. The van der Waals surface area contributed by atoms with Crippen molar-refractivity contribution in [1.29, 1.82) is 0 Å². The minimum Gasteiger partial charge on any atom is -0.508 e. The lowest BCUT2D eigenvalue weighted by Crippen LogP contribution is -1.95. The van der Waals surface area contributed by atoms with Crippen molar-refractivity contribution in [2.24, 2.45) is 0 Å². The molecule has 0 aliphatic carbocycles. The summed E-state index contributed by atoms with van der Waals surface area (Å²) in [6.45, 7) is 0.296. The van der Waals surface area contributed by atoms with Crippen LogP contribution in [-0.2, 0) is 6.61 Å². The van der Waals surface area contributed by atoms with Crippen LogP contribution in [0, 0.1) is 5.82 Å². The summed E-state index contributed by atoms with van der Waals surface area (Å²) in [6, 6.07) is 10.5. The summed E-state index contributed by atoms with van der Waals surface area (Å²) in [5.74, 6) is 0.286. The van der Waals surface area contributed by atoms with Crippen molar-refractivity contribution >= 4 is 11.6 Å². The Morgan fingerprint density at radius 1 is 1.12 bits per heavy atom. The van der Waals surface area contributed by atoms with Crippen LogP contribution in [-0.4, -0.2) is 5.11 Å². The predicted molar refractivity (Wildman–Crippen MR) is 63.8 cm³/mol. The molecule has 0 fully saturated rings. The van der Waals surface area contributed by atoms with E-state index in [1.165, 1.54) is 24.3 Å². The van der Waals surface area contributed by atoms with Gasteiger partial charge in [0, 0.05) is 6.07 Å². The van der Waals surface area contributed by atoms with E-state index in [9.17, 15) is 9.50 Å². The molecule has 0 radical (unpaired) electrons. The molecule has 0 saturated heterocycles. The van der Waals surface area contributed by atoms with Gasteiger partial charge in [0.1, 0.15) is 23.9 Å². The Balaban J connectivity index is 2.04. The van der Waals surface area contributed by atoms with Crippen LogP contribution in [0.1, 0.15) is 5.56 Å². The normalized spacial score (nSPS) is 10.2. The van der Waals surface area contributed by atoms with Gasteiger partial charge in [-0.2, -0.15) is 0 Å². The molecule has 2 aromatic carbocycles. The summed E-state index contributed by atoms with van der Waals surface area (Å²) < 4.78 is 18.1. The molecule has 1 N–H and O–H groups in total. The highest BCUT2D eigenvalue weighted by atomic mass is 35.5. The summed E-state index contributed by atoms with van der Waals surface area (Å²) in [4.78, 5) is 0. The molecule has 2 nitrogen and oxygen atoms in total. The molecule has 2 rings (SSSR count). The van der Waals surface area contributed by atoms with E-state index in [1.54, 1.807) is 18.2 Å². The topological polar surface area (TPSA) is 29.5 Å². The van der Waals surface area contributed by atoms with Crippen LogP contribution in [0.25, 0.3) is 0 Å². The summed E-state index contributed by atoms with van der Waals surface area (Å²) in [5, 5.41) is 9.51. The third-order valence-corrected chi connectivity index (χ3v) is 2.52. The van der Waals surface area contributed by atoms with Gasteiger partial charge < -0.3 is 9.84 Å². The van der Waals surface area contributed by atoms with Crippen LogP contribution in [0.3, 0.4) is 0 Å². The van der Waals surface area contributed by atoms with E-state index in [-0.39, 0.29) is 11.6 Å². The molecule has 2 aromatic rings. The monoisotopic (exact) mass is 252 g/mol. The second kappa shape index (κ2) is 5.06. The lowest BCUT2D eigenvalue weighted by molar-refractivity contribution is 0.305. The van der Waals surface area contributed by atoms with E-state index in [0.717, 1.165) is 5.56 Å². The minimum absolute atomic E-state index is 0.0872. The Bertz CT molecular complexity index is 511. The standard InChI is InChI=1S/C13H10ClFO2/c14-12-7-11(16)5-6-13(12)17-8-9-1-3-10(15)4-2-9/h1-7,16H,8H2. The van der Waals surface area contributed by atoms with Crippen molar-refractivity contribution in [3.63, 3.8) is 0 Å². The average Bonchev–Trinajstić information content (AvgIpc) is 2.30. The van der Waals surface area contributed by atoms with Gasteiger partial charge in [0.25, 0.3) is 0 Å². The fraction of sp³-hybridized carbons (Fsp3) is 0.0769. The van der Waals surface area contributed by atoms with Crippen LogP contribution in [0.5, 0.6) is 11.5 Å². The molecule has 17 heavy (non-hydrogen) atoms. The molecule has 4 heteroatoms. The summed E-state index contributed by atoms with van der Waals surface area (Å²) in [6.07, 6.45) is 0. The largest absolute Gasteiger partial charge is 0.508 e. The van der Waals surface area contributed by atoms with Crippen molar-refractivity contribution in [2.45, 2.75) is 6.61 Å². The van der Waals surface area contributed by atoms with Gasteiger partial charge in [-0.1, -0.05) is 23.7 Å². The molecule has 0 unspecified atom stereocenters. The average molecular weight is 253 g/mol. The zero-order valence-electron chi connectivity index (χ0n) is 8.86. The Morgan fingerprint density at radius 3 is 2.47 bits per heavy atom. The summed E-state index contributed by atoms with van der Waals surface area (Å²) in [7, 11) is 0.